The van der Waals surface area contributed by atoms with Gasteiger partial charge in [-0.2, -0.15) is 0 Å². The van der Waals surface area contributed by atoms with E-state index < -0.39 is 0 Å². The van der Waals surface area contributed by atoms with Crippen LogP contribution in [0.1, 0.15) is 16.1 Å². The van der Waals surface area contributed by atoms with Crippen molar-refractivity contribution >= 4 is 34.1 Å². The van der Waals surface area contributed by atoms with Crippen LogP contribution in [0.2, 0.25) is 5.02 Å². The van der Waals surface area contributed by atoms with E-state index in [1.54, 1.807) is 36.4 Å². The molecule has 0 unspecified atom stereocenters. The summed E-state index contributed by atoms with van der Waals surface area (Å²) in [5.74, 6) is 1.06. The molecule has 0 saturated heterocycles. The van der Waals surface area contributed by atoms with Gasteiger partial charge in [0.25, 0.3) is 5.91 Å². The van der Waals surface area contributed by atoms with Crippen molar-refractivity contribution in [2.24, 2.45) is 0 Å². The Hall–Kier alpha value is -2.79. The Bertz CT molecular complexity index is 972. The highest BCUT2D eigenvalue weighted by atomic mass is 35.5. The third-order valence-corrected chi connectivity index (χ3v) is 4.08. The van der Waals surface area contributed by atoms with Crippen molar-refractivity contribution in [3.63, 3.8) is 0 Å². The normalized spacial score (nSPS) is 12.4. The third-order valence-electron chi connectivity index (χ3n) is 3.84. The van der Waals surface area contributed by atoms with Crippen molar-refractivity contribution in [1.29, 1.82) is 0 Å². The van der Waals surface area contributed by atoms with Crippen LogP contribution in [0.4, 0.5) is 5.69 Å². The third kappa shape index (κ3) is 2.63. The number of fused-ring (bicyclic) bond motifs is 2. The van der Waals surface area contributed by atoms with Crippen LogP contribution in [0.5, 0.6) is 11.5 Å². The van der Waals surface area contributed by atoms with Crippen molar-refractivity contribution in [2.45, 2.75) is 6.92 Å². The number of anilines is 1. The second kappa shape index (κ2) is 5.69. The van der Waals surface area contributed by atoms with E-state index in [4.69, 9.17) is 21.1 Å². The van der Waals surface area contributed by atoms with Gasteiger partial charge in [-0.15, -0.1) is 0 Å². The first-order valence-electron chi connectivity index (χ1n) is 7.38. The molecule has 2 heterocycles. The lowest BCUT2D eigenvalue weighted by Gasteiger charge is -2.09. The first kappa shape index (κ1) is 14.8. The van der Waals surface area contributed by atoms with E-state index in [9.17, 15) is 4.79 Å². The fourth-order valence-corrected chi connectivity index (χ4v) is 2.83. The summed E-state index contributed by atoms with van der Waals surface area (Å²) in [6, 6.07) is 12.5. The quantitative estimate of drug-likeness (QED) is 0.760. The van der Waals surface area contributed by atoms with E-state index in [0.29, 0.717) is 33.5 Å². The van der Waals surface area contributed by atoms with Gasteiger partial charge in [-0.25, -0.2) is 0 Å². The van der Waals surface area contributed by atoms with Crippen molar-refractivity contribution in [1.82, 2.24) is 4.98 Å². The van der Waals surface area contributed by atoms with Crippen molar-refractivity contribution in [2.75, 3.05) is 12.1 Å². The molecule has 1 aliphatic heterocycles. The smallest absolute Gasteiger partial charge is 0.257 e. The number of pyridine rings is 1. The van der Waals surface area contributed by atoms with Crippen LogP contribution in [0, 0.1) is 6.92 Å². The number of nitrogens with one attached hydrogen (secondary N) is 1. The molecule has 1 aromatic heterocycles. The highest BCUT2D eigenvalue weighted by Crippen LogP contribution is 2.34. The Morgan fingerprint density at radius 3 is 2.83 bits per heavy atom. The van der Waals surface area contributed by atoms with E-state index in [1.807, 2.05) is 13.0 Å². The molecule has 0 saturated carbocycles. The lowest BCUT2D eigenvalue weighted by molar-refractivity contribution is 0.102. The first-order valence-corrected chi connectivity index (χ1v) is 7.76. The Balaban J connectivity index is 1.66. The Morgan fingerprint density at radius 1 is 1.12 bits per heavy atom. The molecule has 3 aromatic rings. The van der Waals surface area contributed by atoms with Gasteiger partial charge in [0, 0.05) is 22.2 Å². The van der Waals surface area contributed by atoms with Crippen molar-refractivity contribution in [3.8, 4) is 11.5 Å². The summed E-state index contributed by atoms with van der Waals surface area (Å²) < 4.78 is 10.6. The van der Waals surface area contributed by atoms with Crippen LogP contribution in [0.25, 0.3) is 10.9 Å². The molecule has 1 N–H and O–H groups in total. The molecule has 1 aliphatic rings. The summed E-state index contributed by atoms with van der Waals surface area (Å²) in [7, 11) is 0. The number of ether oxygens (including phenoxy) is 2. The molecule has 0 fully saturated rings. The van der Waals surface area contributed by atoms with E-state index in [-0.39, 0.29) is 12.7 Å². The van der Waals surface area contributed by atoms with Gasteiger partial charge in [-0.3, -0.25) is 9.78 Å². The number of carbonyl (C=O) groups is 1. The highest BCUT2D eigenvalue weighted by molar-refractivity contribution is 6.31. The number of amides is 1. The number of carbonyl (C=O) groups excluding carboxylic acids is 1. The molecule has 6 heteroatoms. The first-order chi connectivity index (χ1) is 11.6. The fourth-order valence-electron chi connectivity index (χ4n) is 2.65. The predicted molar refractivity (Wildman–Crippen MR) is 92.0 cm³/mol. The largest absolute Gasteiger partial charge is 0.454 e. The SMILES string of the molecule is Cc1nc2ccc(Cl)cc2cc1C(=O)Nc1ccc2c(c1)OCO2. The molecule has 5 nitrogen and oxygen atoms in total. The number of rotatable bonds is 2. The number of nitrogens with zero attached hydrogens (tertiary/aromatic N) is 1. The van der Waals surface area contributed by atoms with Crippen LogP contribution in [0.3, 0.4) is 0 Å². The Morgan fingerprint density at radius 2 is 1.96 bits per heavy atom. The molecule has 120 valence electrons. The monoisotopic (exact) mass is 340 g/mol. The highest BCUT2D eigenvalue weighted by Gasteiger charge is 2.16. The maximum absolute atomic E-state index is 12.6. The van der Waals surface area contributed by atoms with Gasteiger partial charge in [0.2, 0.25) is 6.79 Å². The second-order valence-corrected chi connectivity index (χ2v) is 5.92. The Kier molecular flexibility index (Phi) is 3.50. The number of hydrogen-bond donors (Lipinski definition) is 1. The molecule has 2 aromatic carbocycles. The van der Waals surface area contributed by atoms with E-state index >= 15 is 0 Å². The van der Waals surface area contributed by atoms with Crippen molar-refractivity contribution in [3.05, 3.63) is 58.7 Å². The van der Waals surface area contributed by atoms with Gasteiger partial charge in [0.1, 0.15) is 0 Å². The molecule has 0 aliphatic carbocycles. The zero-order valence-corrected chi connectivity index (χ0v) is 13.6. The van der Waals surface area contributed by atoms with Gasteiger partial charge in [-0.05, 0) is 43.3 Å². The van der Waals surface area contributed by atoms with Crippen LogP contribution in [0.15, 0.2) is 42.5 Å². The van der Waals surface area contributed by atoms with Crippen LogP contribution >= 0.6 is 11.6 Å². The molecular formula is C18H13ClN2O3. The van der Waals surface area contributed by atoms with Crippen molar-refractivity contribution < 1.29 is 14.3 Å². The number of benzene rings is 2. The molecule has 0 radical (unpaired) electrons. The minimum atomic E-state index is -0.235. The summed E-state index contributed by atoms with van der Waals surface area (Å²) >= 11 is 6.02. The topological polar surface area (TPSA) is 60.5 Å². The molecule has 0 atom stereocenters. The molecule has 0 spiro atoms. The standard InChI is InChI=1S/C18H13ClN2O3/c1-10-14(7-11-6-12(19)2-4-15(11)20-10)18(22)21-13-3-5-16-17(8-13)24-9-23-16/h2-8H,9H2,1H3,(H,21,22). The second-order valence-electron chi connectivity index (χ2n) is 5.48. The van der Waals surface area contributed by atoms with Crippen LogP contribution in [-0.2, 0) is 0 Å². The zero-order chi connectivity index (χ0) is 16.7. The average Bonchev–Trinajstić information content (AvgIpc) is 3.02. The van der Waals surface area contributed by atoms with E-state index in [1.165, 1.54) is 0 Å². The van der Waals surface area contributed by atoms with Gasteiger partial charge >= 0.3 is 0 Å². The predicted octanol–water partition coefficient (Wildman–Crippen LogP) is 4.18. The molecule has 1 amide bonds. The minimum absolute atomic E-state index is 0.196. The maximum atomic E-state index is 12.6. The summed E-state index contributed by atoms with van der Waals surface area (Å²) in [5.41, 5.74) is 2.59. The summed E-state index contributed by atoms with van der Waals surface area (Å²) in [6.07, 6.45) is 0. The van der Waals surface area contributed by atoms with E-state index in [2.05, 4.69) is 10.3 Å². The summed E-state index contributed by atoms with van der Waals surface area (Å²) in [4.78, 5) is 17.1. The Labute approximate surface area is 143 Å². The molecule has 4 rings (SSSR count). The summed E-state index contributed by atoms with van der Waals surface area (Å²) in [5, 5.41) is 4.29. The molecule has 0 bridgehead atoms. The average molecular weight is 341 g/mol. The fraction of sp³-hybridized carbons (Fsp3) is 0.111. The van der Waals surface area contributed by atoms with Crippen LogP contribution in [-0.4, -0.2) is 17.7 Å². The number of aryl methyl sites for hydroxylation is 1. The van der Waals surface area contributed by atoms with Gasteiger partial charge in [0.05, 0.1) is 16.8 Å². The lowest BCUT2D eigenvalue weighted by atomic mass is 10.1. The number of aromatic nitrogens is 1. The maximum Gasteiger partial charge on any atom is 0.257 e. The van der Waals surface area contributed by atoms with Gasteiger partial charge < -0.3 is 14.8 Å². The summed E-state index contributed by atoms with van der Waals surface area (Å²) in [6.45, 7) is 2.00. The van der Waals surface area contributed by atoms with E-state index in [0.717, 1.165) is 10.9 Å². The molecule has 24 heavy (non-hydrogen) atoms. The molecular weight excluding hydrogens is 328 g/mol. The number of halogens is 1. The minimum Gasteiger partial charge on any atom is -0.454 e. The van der Waals surface area contributed by atoms with Gasteiger partial charge in [-0.1, -0.05) is 11.6 Å². The zero-order valence-electron chi connectivity index (χ0n) is 12.8. The number of hydrogen-bond acceptors (Lipinski definition) is 4. The van der Waals surface area contributed by atoms with Crippen LogP contribution < -0.4 is 14.8 Å². The lowest BCUT2D eigenvalue weighted by Crippen LogP contribution is -2.14. The van der Waals surface area contributed by atoms with Gasteiger partial charge in [0.15, 0.2) is 11.5 Å².